The van der Waals surface area contributed by atoms with Crippen molar-refractivity contribution in [3.63, 3.8) is 0 Å². The number of hydrogen-bond acceptors (Lipinski definition) is 2. The normalized spacial score (nSPS) is 14.1. The number of ether oxygens (including phenoxy) is 1. The second-order valence-corrected chi connectivity index (χ2v) is 4.91. The van der Waals surface area contributed by atoms with E-state index in [0.717, 1.165) is 30.7 Å². The van der Waals surface area contributed by atoms with E-state index in [4.69, 9.17) is 4.74 Å². The van der Waals surface area contributed by atoms with Crippen molar-refractivity contribution in [2.45, 2.75) is 19.3 Å². The van der Waals surface area contributed by atoms with E-state index in [1.54, 1.807) is 0 Å². The van der Waals surface area contributed by atoms with Gasteiger partial charge in [-0.05, 0) is 37.3 Å². The molecule has 2 amide bonds. The average Bonchev–Trinajstić information content (AvgIpc) is 3.16. The molecule has 0 heterocycles. The van der Waals surface area contributed by atoms with E-state index < -0.39 is 17.7 Å². The molecule has 0 bridgehead atoms. The third-order valence-corrected chi connectivity index (χ3v) is 2.92. The molecule has 1 aliphatic carbocycles. The molecule has 20 heavy (non-hydrogen) atoms. The first-order valence-electron chi connectivity index (χ1n) is 6.72. The van der Waals surface area contributed by atoms with Gasteiger partial charge in [-0.3, -0.25) is 0 Å². The predicted molar refractivity (Wildman–Crippen MR) is 71.5 cm³/mol. The van der Waals surface area contributed by atoms with Gasteiger partial charge in [-0.15, -0.1) is 0 Å². The van der Waals surface area contributed by atoms with Crippen molar-refractivity contribution in [2.24, 2.45) is 5.92 Å². The molecule has 4 nitrogen and oxygen atoms in total. The fourth-order valence-corrected chi connectivity index (χ4v) is 1.71. The van der Waals surface area contributed by atoms with Gasteiger partial charge in [0, 0.05) is 31.5 Å². The molecule has 2 rings (SSSR count). The summed E-state index contributed by atoms with van der Waals surface area (Å²) in [5.41, 5.74) is 0.0879. The van der Waals surface area contributed by atoms with Gasteiger partial charge in [0.05, 0.1) is 0 Å². The molecular formula is C14H18F2N2O2. The van der Waals surface area contributed by atoms with E-state index in [1.165, 1.54) is 12.8 Å². The van der Waals surface area contributed by atoms with Crippen molar-refractivity contribution in [1.29, 1.82) is 0 Å². The highest BCUT2D eigenvalue weighted by atomic mass is 19.1. The first kappa shape index (κ1) is 14.7. The molecular weight excluding hydrogens is 266 g/mol. The summed E-state index contributed by atoms with van der Waals surface area (Å²) in [4.78, 5) is 11.5. The molecule has 2 N–H and O–H groups in total. The van der Waals surface area contributed by atoms with Crippen LogP contribution in [0.1, 0.15) is 19.3 Å². The lowest BCUT2D eigenvalue weighted by Gasteiger charge is -2.08. The summed E-state index contributed by atoms with van der Waals surface area (Å²) in [7, 11) is 0. The summed E-state index contributed by atoms with van der Waals surface area (Å²) < 4.78 is 31.2. The maximum absolute atomic E-state index is 12.9. The van der Waals surface area contributed by atoms with Crippen LogP contribution in [0.4, 0.5) is 19.3 Å². The van der Waals surface area contributed by atoms with Crippen molar-refractivity contribution >= 4 is 11.7 Å². The third-order valence-electron chi connectivity index (χ3n) is 2.92. The van der Waals surface area contributed by atoms with Gasteiger partial charge < -0.3 is 15.4 Å². The SMILES string of the molecule is O=C(NCCCOCC1CC1)Nc1cc(F)cc(F)c1. The topological polar surface area (TPSA) is 50.4 Å². The molecule has 0 spiro atoms. The number of carbonyl (C=O) groups is 1. The van der Waals surface area contributed by atoms with Gasteiger partial charge in [-0.1, -0.05) is 0 Å². The summed E-state index contributed by atoms with van der Waals surface area (Å²) in [5.74, 6) is -0.725. The van der Waals surface area contributed by atoms with E-state index in [0.29, 0.717) is 19.6 Å². The van der Waals surface area contributed by atoms with E-state index in [1.807, 2.05) is 0 Å². The fourth-order valence-electron chi connectivity index (χ4n) is 1.71. The second kappa shape index (κ2) is 7.19. The van der Waals surface area contributed by atoms with Crippen LogP contribution in [0.3, 0.4) is 0 Å². The molecule has 1 aliphatic rings. The Kier molecular flexibility index (Phi) is 5.29. The molecule has 110 valence electrons. The highest BCUT2D eigenvalue weighted by Gasteiger charge is 2.20. The van der Waals surface area contributed by atoms with Crippen molar-refractivity contribution in [3.8, 4) is 0 Å². The molecule has 0 unspecified atom stereocenters. The summed E-state index contributed by atoms with van der Waals surface area (Å²) in [5, 5.41) is 4.97. The maximum atomic E-state index is 12.9. The van der Waals surface area contributed by atoms with Gasteiger partial charge in [0.1, 0.15) is 11.6 Å². The smallest absolute Gasteiger partial charge is 0.319 e. The third kappa shape index (κ3) is 5.52. The quantitative estimate of drug-likeness (QED) is 0.756. The van der Waals surface area contributed by atoms with Gasteiger partial charge in [0.2, 0.25) is 0 Å². The first-order valence-corrected chi connectivity index (χ1v) is 6.72. The maximum Gasteiger partial charge on any atom is 0.319 e. The number of nitrogens with one attached hydrogen (secondary N) is 2. The number of anilines is 1. The molecule has 1 aromatic rings. The number of amides is 2. The van der Waals surface area contributed by atoms with Crippen LogP contribution in [0, 0.1) is 17.6 Å². The molecule has 0 radical (unpaired) electrons. The number of benzene rings is 1. The van der Waals surface area contributed by atoms with Crippen LogP contribution in [-0.2, 0) is 4.74 Å². The van der Waals surface area contributed by atoms with Gasteiger partial charge >= 0.3 is 6.03 Å². The largest absolute Gasteiger partial charge is 0.381 e. The highest BCUT2D eigenvalue weighted by Crippen LogP contribution is 2.28. The number of rotatable bonds is 7. The Balaban J connectivity index is 1.59. The predicted octanol–water partition coefficient (Wildman–Crippen LogP) is 2.90. The molecule has 0 saturated heterocycles. The van der Waals surface area contributed by atoms with Crippen LogP contribution in [0.5, 0.6) is 0 Å². The van der Waals surface area contributed by atoms with E-state index in [2.05, 4.69) is 10.6 Å². The molecule has 0 aliphatic heterocycles. The lowest BCUT2D eigenvalue weighted by atomic mass is 10.3. The fraction of sp³-hybridized carbons (Fsp3) is 0.500. The lowest BCUT2D eigenvalue weighted by molar-refractivity contribution is 0.122. The van der Waals surface area contributed by atoms with Crippen molar-refractivity contribution < 1.29 is 18.3 Å². The first-order chi connectivity index (χ1) is 9.63. The van der Waals surface area contributed by atoms with Crippen LogP contribution < -0.4 is 10.6 Å². The van der Waals surface area contributed by atoms with E-state index in [9.17, 15) is 13.6 Å². The number of hydrogen-bond donors (Lipinski definition) is 2. The summed E-state index contributed by atoms with van der Waals surface area (Å²) in [6.07, 6.45) is 3.22. The summed E-state index contributed by atoms with van der Waals surface area (Å²) >= 11 is 0. The highest BCUT2D eigenvalue weighted by molar-refractivity contribution is 5.89. The molecule has 0 aromatic heterocycles. The minimum Gasteiger partial charge on any atom is -0.381 e. The van der Waals surface area contributed by atoms with Crippen LogP contribution in [-0.4, -0.2) is 25.8 Å². The number of halogens is 2. The zero-order valence-corrected chi connectivity index (χ0v) is 11.1. The minimum absolute atomic E-state index is 0.0879. The molecule has 6 heteroatoms. The Hall–Kier alpha value is -1.69. The minimum atomic E-state index is -0.728. The standard InChI is InChI=1S/C14H18F2N2O2/c15-11-6-12(16)8-13(7-11)18-14(19)17-4-1-5-20-9-10-2-3-10/h6-8,10H,1-5,9H2,(H2,17,18,19). The van der Waals surface area contributed by atoms with Gasteiger partial charge in [-0.25, -0.2) is 13.6 Å². The van der Waals surface area contributed by atoms with Crippen LogP contribution in [0.25, 0.3) is 0 Å². The Labute approximate surface area is 116 Å². The number of carbonyl (C=O) groups excluding carboxylic acids is 1. The van der Waals surface area contributed by atoms with Crippen LogP contribution in [0.2, 0.25) is 0 Å². The Bertz CT molecular complexity index is 444. The van der Waals surface area contributed by atoms with E-state index in [-0.39, 0.29) is 5.69 Å². The van der Waals surface area contributed by atoms with Gasteiger partial charge in [-0.2, -0.15) is 0 Å². The Morgan fingerprint density at radius 1 is 1.25 bits per heavy atom. The van der Waals surface area contributed by atoms with Gasteiger partial charge in [0.15, 0.2) is 0 Å². The number of urea groups is 1. The Morgan fingerprint density at radius 2 is 1.95 bits per heavy atom. The average molecular weight is 284 g/mol. The van der Waals surface area contributed by atoms with Crippen molar-refractivity contribution in [1.82, 2.24) is 5.32 Å². The zero-order valence-electron chi connectivity index (χ0n) is 11.1. The summed E-state index contributed by atoms with van der Waals surface area (Å²) in [6, 6.07) is 2.38. The van der Waals surface area contributed by atoms with Crippen LogP contribution in [0.15, 0.2) is 18.2 Å². The van der Waals surface area contributed by atoms with Gasteiger partial charge in [0.25, 0.3) is 0 Å². The second-order valence-electron chi connectivity index (χ2n) is 4.91. The zero-order chi connectivity index (χ0) is 14.4. The summed E-state index contributed by atoms with van der Waals surface area (Å²) in [6.45, 7) is 1.86. The van der Waals surface area contributed by atoms with Crippen LogP contribution >= 0.6 is 0 Å². The Morgan fingerprint density at radius 3 is 2.60 bits per heavy atom. The molecule has 0 atom stereocenters. The van der Waals surface area contributed by atoms with Crippen molar-refractivity contribution in [3.05, 3.63) is 29.8 Å². The van der Waals surface area contributed by atoms with Crippen molar-refractivity contribution in [2.75, 3.05) is 25.1 Å². The molecule has 1 saturated carbocycles. The lowest BCUT2D eigenvalue weighted by Crippen LogP contribution is -2.30. The molecule has 1 fully saturated rings. The monoisotopic (exact) mass is 284 g/mol. The molecule has 1 aromatic carbocycles. The van der Waals surface area contributed by atoms with E-state index >= 15 is 0 Å².